The highest BCUT2D eigenvalue weighted by Crippen LogP contribution is 2.55. The normalized spacial score (nSPS) is 11.8. The van der Waals surface area contributed by atoms with E-state index in [-0.39, 0.29) is 0 Å². The summed E-state index contributed by atoms with van der Waals surface area (Å²) in [5.41, 5.74) is 14.4. The molecule has 0 unspecified atom stereocenters. The fourth-order valence-electron chi connectivity index (χ4n) is 9.78. The molecule has 0 spiro atoms. The van der Waals surface area contributed by atoms with Crippen LogP contribution in [0.3, 0.4) is 0 Å². The van der Waals surface area contributed by atoms with Gasteiger partial charge in [0.25, 0.3) is 0 Å². The van der Waals surface area contributed by atoms with Gasteiger partial charge in [0.2, 0.25) is 0 Å². The number of fused-ring (bicyclic) bond motifs is 9. The van der Waals surface area contributed by atoms with E-state index in [4.69, 9.17) is 4.42 Å². The van der Waals surface area contributed by atoms with Crippen LogP contribution in [0.4, 0.5) is 17.1 Å². The molecule has 0 N–H and O–H groups in total. The zero-order valence-electron chi connectivity index (χ0n) is 34.5. The molecule has 0 saturated heterocycles. The van der Waals surface area contributed by atoms with Crippen molar-refractivity contribution in [3.63, 3.8) is 0 Å². The molecule has 0 aliphatic carbocycles. The first-order chi connectivity index (χ1) is 31.8. The highest BCUT2D eigenvalue weighted by molar-refractivity contribution is 7.27. The Kier molecular flexibility index (Phi) is 8.61. The van der Waals surface area contributed by atoms with Crippen molar-refractivity contribution in [1.29, 1.82) is 0 Å². The third-order valence-corrected chi connectivity index (χ3v) is 15.1. The molecule has 300 valence electrons. The molecule has 64 heavy (non-hydrogen) atoms. The molecule has 10 aromatic carbocycles. The van der Waals surface area contributed by atoms with Gasteiger partial charge < -0.3 is 9.32 Å². The van der Waals surface area contributed by atoms with Crippen molar-refractivity contribution in [2.45, 2.75) is 0 Å². The molecule has 0 radical (unpaired) electrons. The van der Waals surface area contributed by atoms with Gasteiger partial charge >= 0.3 is 0 Å². The predicted molar refractivity (Wildman–Crippen MR) is 276 cm³/mol. The van der Waals surface area contributed by atoms with Gasteiger partial charge in [0.05, 0.1) is 27.1 Å². The van der Waals surface area contributed by atoms with Crippen LogP contribution in [-0.4, -0.2) is 0 Å². The number of anilines is 3. The summed E-state index contributed by atoms with van der Waals surface area (Å²) in [5.74, 6) is 0. The zero-order valence-corrected chi connectivity index (χ0v) is 36.2. The highest BCUT2D eigenvalue weighted by Gasteiger charge is 2.29. The molecule has 0 aliphatic rings. The first kappa shape index (κ1) is 36.9. The Morgan fingerprint density at radius 2 is 0.922 bits per heavy atom. The first-order valence-electron chi connectivity index (χ1n) is 21.7. The molecular weight excluding hydrogens is 815 g/mol. The van der Waals surface area contributed by atoms with Crippen LogP contribution in [0.15, 0.2) is 229 Å². The number of nitrogens with zero attached hydrogens (tertiary/aromatic N) is 1. The summed E-state index contributed by atoms with van der Waals surface area (Å²) in [4.78, 5) is 2.58. The Bertz CT molecular complexity index is 3890. The van der Waals surface area contributed by atoms with Gasteiger partial charge in [-0.25, -0.2) is 0 Å². The van der Waals surface area contributed by atoms with E-state index < -0.39 is 0 Å². The maximum absolute atomic E-state index is 7.08. The van der Waals surface area contributed by atoms with Crippen molar-refractivity contribution in [2.75, 3.05) is 4.90 Å². The summed E-state index contributed by atoms with van der Waals surface area (Å²) in [6, 6.07) is 81.5. The lowest BCUT2D eigenvalue weighted by molar-refractivity contribution is 0.670. The van der Waals surface area contributed by atoms with Crippen LogP contribution in [0.1, 0.15) is 0 Å². The number of hydrogen-bond acceptors (Lipinski definition) is 4. The molecule has 3 heterocycles. The maximum Gasteiger partial charge on any atom is 0.143 e. The molecule has 2 nitrogen and oxygen atoms in total. The lowest BCUT2D eigenvalue weighted by atomic mass is 9.95. The Morgan fingerprint density at radius 1 is 0.328 bits per heavy atom. The average molecular weight is 852 g/mol. The van der Waals surface area contributed by atoms with Crippen LogP contribution >= 0.6 is 22.7 Å². The second kappa shape index (κ2) is 15.0. The fourth-order valence-corrected chi connectivity index (χ4v) is 12.3. The van der Waals surface area contributed by atoms with E-state index in [1.165, 1.54) is 62.6 Å². The molecule has 0 fully saturated rings. The summed E-state index contributed by atoms with van der Waals surface area (Å²) < 4.78 is 12.1. The number of furan rings is 1. The van der Waals surface area contributed by atoms with E-state index in [0.29, 0.717) is 0 Å². The van der Waals surface area contributed by atoms with Gasteiger partial charge in [-0.3, -0.25) is 0 Å². The monoisotopic (exact) mass is 851 g/mol. The summed E-state index contributed by atoms with van der Waals surface area (Å²) >= 11 is 3.75. The molecule has 0 atom stereocenters. The van der Waals surface area contributed by atoms with Crippen LogP contribution in [0.2, 0.25) is 0 Å². The third kappa shape index (κ3) is 5.84. The lowest BCUT2D eigenvalue weighted by Crippen LogP contribution is -2.12. The van der Waals surface area contributed by atoms with Crippen molar-refractivity contribution >= 4 is 102 Å². The average Bonchev–Trinajstić information content (AvgIpc) is 4.07. The first-order valence-corrected chi connectivity index (χ1v) is 23.3. The van der Waals surface area contributed by atoms with Gasteiger partial charge in [0.15, 0.2) is 0 Å². The van der Waals surface area contributed by atoms with Crippen molar-refractivity contribution < 1.29 is 4.42 Å². The van der Waals surface area contributed by atoms with E-state index in [2.05, 4.69) is 229 Å². The zero-order chi connectivity index (χ0) is 42.1. The van der Waals surface area contributed by atoms with Crippen LogP contribution in [0, 0.1) is 0 Å². The Balaban J connectivity index is 1.21. The fraction of sp³-hybridized carbons (Fsp3) is 0. The molecule has 0 bridgehead atoms. The van der Waals surface area contributed by atoms with Crippen LogP contribution in [0.25, 0.3) is 107 Å². The van der Waals surface area contributed by atoms with E-state index in [9.17, 15) is 0 Å². The topological polar surface area (TPSA) is 16.4 Å². The molecule has 4 heteroatoms. The second-order valence-electron chi connectivity index (χ2n) is 16.3. The van der Waals surface area contributed by atoms with Gasteiger partial charge in [-0.15, -0.1) is 22.7 Å². The van der Waals surface area contributed by atoms with Gasteiger partial charge in [0.1, 0.15) is 11.2 Å². The van der Waals surface area contributed by atoms with Crippen molar-refractivity contribution in [1.82, 2.24) is 0 Å². The summed E-state index contributed by atoms with van der Waals surface area (Å²) in [7, 11) is 0. The van der Waals surface area contributed by atoms with Crippen molar-refractivity contribution in [2.24, 2.45) is 0 Å². The van der Waals surface area contributed by atoms with Gasteiger partial charge in [-0.2, -0.15) is 0 Å². The highest BCUT2D eigenvalue weighted by atomic mass is 32.1. The predicted octanol–water partition coefficient (Wildman–Crippen LogP) is 18.5. The lowest BCUT2D eigenvalue weighted by Gasteiger charge is -2.30. The minimum absolute atomic E-state index is 0.849. The Hall–Kier alpha value is -7.76. The number of benzene rings is 10. The number of para-hydroxylation sites is 1. The van der Waals surface area contributed by atoms with Crippen LogP contribution < -0.4 is 4.90 Å². The Morgan fingerprint density at radius 3 is 1.67 bits per heavy atom. The molecule has 13 rings (SSSR count). The summed E-state index contributed by atoms with van der Waals surface area (Å²) in [6.45, 7) is 0. The largest absolute Gasteiger partial charge is 0.455 e. The second-order valence-corrected chi connectivity index (χ2v) is 18.4. The number of hydrogen-bond donors (Lipinski definition) is 0. The molecular formula is C60H37NOS2. The van der Waals surface area contributed by atoms with Crippen LogP contribution in [-0.2, 0) is 0 Å². The van der Waals surface area contributed by atoms with Crippen molar-refractivity contribution in [3.8, 4) is 44.5 Å². The minimum Gasteiger partial charge on any atom is -0.455 e. The number of rotatable bonds is 7. The van der Waals surface area contributed by atoms with Crippen LogP contribution in [0.5, 0.6) is 0 Å². The molecule has 0 saturated carbocycles. The quantitative estimate of drug-likeness (QED) is 0.159. The van der Waals surface area contributed by atoms with E-state index >= 15 is 0 Å². The molecule has 0 amide bonds. The standard InChI is InChI=1S/C60H37NOS2/c1-5-17-38(18-6-1)42-31-32-48-54(37-42)64-60-45(41-23-11-4-12-24-41)33-35-50(55(48)60)61(51-29-16-27-47-46-25-13-14-30-53(46)63-59(47)51)57-43(39-19-7-2-8-20-39)34-36-52-56(57)49-28-15-26-44(58(49)62-52)40-21-9-3-10-22-40/h1-37H. The van der Waals surface area contributed by atoms with Gasteiger partial charge in [-0.1, -0.05) is 188 Å². The van der Waals surface area contributed by atoms with Gasteiger partial charge in [0, 0.05) is 52.2 Å². The van der Waals surface area contributed by atoms with Gasteiger partial charge in [-0.05, 0) is 69.8 Å². The molecule has 3 aromatic heterocycles. The maximum atomic E-state index is 7.08. The van der Waals surface area contributed by atoms with E-state index in [1.807, 2.05) is 22.7 Å². The SMILES string of the molecule is c1ccc(-c2ccc3c(c2)sc2c(-c4ccccc4)ccc(N(c4cccc5c4sc4ccccc45)c4c(-c5ccccc5)ccc5oc6c(-c7ccccc7)cccc6c45)c23)cc1. The van der Waals surface area contributed by atoms with E-state index in [0.717, 1.165) is 61.3 Å². The minimum atomic E-state index is 0.849. The summed E-state index contributed by atoms with van der Waals surface area (Å²) in [5, 5.41) is 7.15. The third-order valence-electron chi connectivity index (χ3n) is 12.7. The Labute approximate surface area is 378 Å². The smallest absolute Gasteiger partial charge is 0.143 e. The van der Waals surface area contributed by atoms with Crippen molar-refractivity contribution in [3.05, 3.63) is 224 Å². The number of thiophene rings is 2. The summed E-state index contributed by atoms with van der Waals surface area (Å²) in [6.07, 6.45) is 0. The molecule has 0 aliphatic heterocycles. The van der Waals surface area contributed by atoms with E-state index in [1.54, 1.807) is 0 Å². The molecule has 13 aromatic rings.